The van der Waals surface area contributed by atoms with Crippen LogP contribution >= 0.6 is 11.6 Å². The van der Waals surface area contributed by atoms with Gasteiger partial charge in [-0.2, -0.15) is 0 Å². The number of alkyl halides is 1. The van der Waals surface area contributed by atoms with Crippen molar-refractivity contribution in [3.63, 3.8) is 0 Å². The molecule has 24 heavy (non-hydrogen) atoms. The second-order valence-electron chi connectivity index (χ2n) is 7.80. The van der Waals surface area contributed by atoms with Gasteiger partial charge in [-0.1, -0.05) is 26.0 Å². The second-order valence-corrected chi connectivity index (χ2v) is 8.11. The monoisotopic (exact) mass is 345 g/mol. The number of anilines is 1. The van der Waals surface area contributed by atoms with E-state index in [-0.39, 0.29) is 5.54 Å². The summed E-state index contributed by atoms with van der Waals surface area (Å²) in [5.41, 5.74) is 5.01. The van der Waals surface area contributed by atoms with Crippen molar-refractivity contribution >= 4 is 28.1 Å². The Balaban J connectivity index is 2.43. The van der Waals surface area contributed by atoms with E-state index in [9.17, 15) is 5.11 Å². The van der Waals surface area contributed by atoms with Gasteiger partial charge in [-0.3, -0.25) is 0 Å². The second kappa shape index (κ2) is 6.15. The molecule has 3 heteroatoms. The smallest absolute Gasteiger partial charge is 0.125 e. The van der Waals surface area contributed by atoms with Crippen LogP contribution in [0.2, 0.25) is 0 Å². The lowest BCUT2D eigenvalue weighted by molar-refractivity contribution is 0.479. The SMILES string of the molecule is CCc1ccc(CC)c2c3c(cc(O)c12)N(C(C)(C)C)C[C@H]3CCl. The molecular weight excluding hydrogens is 318 g/mol. The molecule has 130 valence electrons. The zero-order chi connectivity index (χ0) is 17.6. The maximum absolute atomic E-state index is 10.9. The molecule has 2 aromatic carbocycles. The molecule has 1 aliphatic heterocycles. The van der Waals surface area contributed by atoms with Crippen molar-refractivity contribution in [1.82, 2.24) is 0 Å². The highest BCUT2D eigenvalue weighted by Gasteiger charge is 2.37. The molecule has 0 amide bonds. The summed E-state index contributed by atoms with van der Waals surface area (Å²) in [6.07, 6.45) is 1.88. The molecule has 0 spiro atoms. The Kier molecular flexibility index (Phi) is 4.46. The molecule has 0 saturated carbocycles. The van der Waals surface area contributed by atoms with Crippen LogP contribution in [0.1, 0.15) is 57.2 Å². The molecule has 0 saturated heterocycles. The van der Waals surface area contributed by atoms with E-state index < -0.39 is 0 Å². The predicted octanol–water partition coefficient (Wildman–Crippen LogP) is 5.61. The maximum Gasteiger partial charge on any atom is 0.125 e. The Labute approximate surface area is 150 Å². The van der Waals surface area contributed by atoms with Crippen LogP contribution in [0, 0.1) is 0 Å². The molecule has 0 aliphatic carbocycles. The van der Waals surface area contributed by atoms with Crippen molar-refractivity contribution in [3.8, 4) is 5.75 Å². The highest BCUT2D eigenvalue weighted by Crippen LogP contribution is 2.49. The van der Waals surface area contributed by atoms with Gasteiger partial charge in [0.1, 0.15) is 5.75 Å². The average Bonchev–Trinajstić information content (AvgIpc) is 2.92. The van der Waals surface area contributed by atoms with Crippen molar-refractivity contribution in [2.45, 2.75) is 58.9 Å². The molecule has 0 radical (unpaired) electrons. The lowest BCUT2D eigenvalue weighted by Gasteiger charge is -2.35. The number of halogens is 1. The first-order valence-electron chi connectivity index (χ1n) is 8.97. The summed E-state index contributed by atoms with van der Waals surface area (Å²) in [5.74, 6) is 1.32. The molecule has 1 atom stereocenters. The summed E-state index contributed by atoms with van der Waals surface area (Å²) < 4.78 is 0. The minimum Gasteiger partial charge on any atom is -0.507 e. The molecule has 1 heterocycles. The van der Waals surface area contributed by atoms with Crippen LogP contribution in [0.5, 0.6) is 5.75 Å². The quantitative estimate of drug-likeness (QED) is 0.731. The highest BCUT2D eigenvalue weighted by atomic mass is 35.5. The molecule has 2 nitrogen and oxygen atoms in total. The molecule has 0 unspecified atom stereocenters. The predicted molar refractivity (Wildman–Crippen MR) is 105 cm³/mol. The number of hydrogen-bond donors (Lipinski definition) is 1. The fraction of sp³-hybridized carbons (Fsp3) is 0.524. The number of nitrogens with zero attached hydrogens (tertiary/aromatic N) is 1. The van der Waals surface area contributed by atoms with E-state index in [4.69, 9.17) is 11.6 Å². The van der Waals surface area contributed by atoms with Gasteiger partial charge in [0.25, 0.3) is 0 Å². The van der Waals surface area contributed by atoms with Crippen LogP contribution in [-0.2, 0) is 12.8 Å². The van der Waals surface area contributed by atoms with Crippen molar-refractivity contribution in [2.75, 3.05) is 17.3 Å². The lowest BCUT2D eigenvalue weighted by atomic mass is 9.88. The zero-order valence-electron chi connectivity index (χ0n) is 15.4. The summed E-state index contributed by atoms with van der Waals surface area (Å²) in [7, 11) is 0. The number of aromatic hydroxyl groups is 1. The number of phenolic OH excluding ortho intramolecular Hbond substituents is 1. The van der Waals surface area contributed by atoms with E-state index >= 15 is 0 Å². The largest absolute Gasteiger partial charge is 0.507 e. The summed E-state index contributed by atoms with van der Waals surface area (Å²) in [5, 5.41) is 13.1. The van der Waals surface area contributed by atoms with Crippen molar-refractivity contribution in [2.24, 2.45) is 0 Å². The summed E-state index contributed by atoms with van der Waals surface area (Å²) in [6, 6.07) is 6.36. The van der Waals surface area contributed by atoms with Crippen LogP contribution in [0.3, 0.4) is 0 Å². The van der Waals surface area contributed by atoms with E-state index in [1.54, 1.807) is 0 Å². The van der Waals surface area contributed by atoms with Crippen molar-refractivity contribution in [1.29, 1.82) is 0 Å². The first-order chi connectivity index (χ1) is 11.3. The van der Waals surface area contributed by atoms with Crippen LogP contribution in [0.15, 0.2) is 18.2 Å². The summed E-state index contributed by atoms with van der Waals surface area (Å²) in [4.78, 5) is 2.40. The third-order valence-electron chi connectivity index (χ3n) is 5.31. The molecule has 1 N–H and O–H groups in total. The number of phenols is 1. The van der Waals surface area contributed by atoms with Crippen LogP contribution < -0.4 is 4.90 Å². The molecule has 1 aliphatic rings. The van der Waals surface area contributed by atoms with Crippen molar-refractivity contribution in [3.05, 3.63) is 34.9 Å². The number of fused-ring (bicyclic) bond motifs is 3. The molecular formula is C21H28ClNO. The highest BCUT2D eigenvalue weighted by molar-refractivity contribution is 6.19. The molecule has 2 aromatic rings. The minimum absolute atomic E-state index is 0.00439. The normalized spacial score (nSPS) is 17.6. The Morgan fingerprint density at radius 3 is 2.21 bits per heavy atom. The van der Waals surface area contributed by atoms with E-state index in [2.05, 4.69) is 51.7 Å². The van der Waals surface area contributed by atoms with Gasteiger partial charge in [0.05, 0.1) is 0 Å². The zero-order valence-corrected chi connectivity index (χ0v) is 16.2. The van der Waals surface area contributed by atoms with Gasteiger partial charge < -0.3 is 10.0 Å². The number of hydrogen-bond acceptors (Lipinski definition) is 2. The van der Waals surface area contributed by atoms with Gasteiger partial charge in [-0.05, 0) is 55.7 Å². The number of aryl methyl sites for hydroxylation is 2. The van der Waals surface area contributed by atoms with E-state index in [0.29, 0.717) is 17.5 Å². The number of rotatable bonds is 3. The van der Waals surface area contributed by atoms with E-state index in [1.807, 2.05) is 6.07 Å². The maximum atomic E-state index is 10.9. The molecule has 3 rings (SSSR count). The first kappa shape index (κ1) is 17.4. The average molecular weight is 346 g/mol. The van der Waals surface area contributed by atoms with Crippen LogP contribution in [0.4, 0.5) is 5.69 Å². The summed E-state index contributed by atoms with van der Waals surface area (Å²) >= 11 is 6.37. The standard InChI is InChI=1S/C21H28ClNO/c1-6-13-8-9-14(7-2)20-18-15(11-22)12-23(21(3,4)5)16(18)10-17(24)19(13)20/h8-10,15,24H,6-7,11-12H2,1-5H3/t15-/m1/s1. The molecule has 0 fully saturated rings. The Morgan fingerprint density at radius 1 is 1.12 bits per heavy atom. The van der Waals surface area contributed by atoms with Gasteiger partial charge >= 0.3 is 0 Å². The van der Waals surface area contributed by atoms with E-state index in [1.165, 1.54) is 22.1 Å². The topological polar surface area (TPSA) is 23.5 Å². The third kappa shape index (κ3) is 2.56. The molecule has 0 bridgehead atoms. The fourth-order valence-corrected chi connectivity index (χ4v) is 4.35. The fourth-order valence-electron chi connectivity index (χ4n) is 4.09. The van der Waals surface area contributed by atoms with Gasteiger partial charge in [0.15, 0.2) is 0 Å². The Morgan fingerprint density at radius 2 is 1.71 bits per heavy atom. The molecule has 0 aromatic heterocycles. The van der Waals surface area contributed by atoms with Crippen LogP contribution in [-0.4, -0.2) is 23.1 Å². The lowest BCUT2D eigenvalue weighted by Crippen LogP contribution is -2.40. The van der Waals surface area contributed by atoms with Gasteiger partial charge in [0.2, 0.25) is 0 Å². The minimum atomic E-state index is 0.00439. The third-order valence-corrected chi connectivity index (χ3v) is 5.69. The van der Waals surface area contributed by atoms with E-state index in [0.717, 1.165) is 30.5 Å². The first-order valence-corrected chi connectivity index (χ1v) is 9.50. The Bertz CT molecular complexity index is 776. The van der Waals surface area contributed by atoms with Gasteiger partial charge in [0, 0.05) is 41.0 Å². The van der Waals surface area contributed by atoms with Gasteiger partial charge in [-0.25, -0.2) is 0 Å². The Hall–Kier alpha value is -1.41. The number of benzene rings is 2. The summed E-state index contributed by atoms with van der Waals surface area (Å²) in [6.45, 7) is 11.9. The van der Waals surface area contributed by atoms with Crippen LogP contribution in [0.25, 0.3) is 10.8 Å². The van der Waals surface area contributed by atoms with Crippen molar-refractivity contribution < 1.29 is 5.11 Å². The van der Waals surface area contributed by atoms with Gasteiger partial charge in [-0.15, -0.1) is 11.6 Å².